The maximum absolute atomic E-state index is 15.8. The minimum Gasteiger partial charge on any atom is -0.382 e. The number of aromatic nitrogens is 8. The van der Waals surface area contributed by atoms with Crippen LogP contribution in [-0.4, -0.2) is 87.7 Å². The fourth-order valence-corrected chi connectivity index (χ4v) is 7.64. The van der Waals surface area contributed by atoms with Crippen LogP contribution in [0.15, 0.2) is 30.1 Å². The van der Waals surface area contributed by atoms with E-state index < -0.39 is 76.4 Å². The second-order valence-electron chi connectivity index (χ2n) is 9.76. The number of anilines is 1. The van der Waals surface area contributed by atoms with Crippen molar-refractivity contribution < 1.29 is 46.0 Å². The number of rotatable bonds is 2. The van der Waals surface area contributed by atoms with Crippen LogP contribution in [-0.2, 0) is 36.7 Å². The molecule has 0 saturated carbocycles. The van der Waals surface area contributed by atoms with Crippen molar-refractivity contribution in [3.8, 4) is 0 Å². The SMILES string of the molecule is Nc1ncnc2c1ncn2C1C[C@@H]2OP(=O)(S)OCC3OC(n4cnc5c(=O)[nH]cnc54)[C@H](F)[C@@H]3OP(=O)(O)OCC2O1. The lowest BCUT2D eigenvalue weighted by molar-refractivity contribution is -0.0601. The zero-order valence-electron chi connectivity index (χ0n) is 21.5. The Kier molecular flexibility index (Phi) is 7.16. The number of fused-ring (bicyclic) bond motifs is 4. The first-order valence-corrected chi connectivity index (χ1v) is 16.8. The molecule has 0 spiro atoms. The minimum absolute atomic E-state index is 0.0133. The third kappa shape index (κ3) is 5.28. The van der Waals surface area contributed by atoms with E-state index in [4.69, 9.17) is 33.3 Å². The number of nitrogens with one attached hydrogen (secondary N) is 1. The second kappa shape index (κ2) is 10.7. The molecule has 3 fully saturated rings. The first-order valence-electron chi connectivity index (χ1n) is 12.6. The Morgan fingerprint density at radius 1 is 0.977 bits per heavy atom. The number of alkyl halides is 1. The first-order chi connectivity index (χ1) is 20.5. The molecule has 43 heavy (non-hydrogen) atoms. The maximum atomic E-state index is 15.8. The molecule has 3 aliphatic rings. The summed E-state index contributed by atoms with van der Waals surface area (Å²) in [6.45, 7) is -5.40. The molecule has 0 aromatic carbocycles. The monoisotopic (exact) mass is 661 g/mol. The number of halogens is 1. The maximum Gasteiger partial charge on any atom is 0.472 e. The highest BCUT2D eigenvalue weighted by molar-refractivity contribution is 8.44. The molecule has 7 rings (SSSR count). The summed E-state index contributed by atoms with van der Waals surface area (Å²) in [5.74, 6) is 0.145. The lowest BCUT2D eigenvalue weighted by Gasteiger charge is -2.27. The third-order valence-electron chi connectivity index (χ3n) is 7.11. The van der Waals surface area contributed by atoms with Gasteiger partial charge in [-0.25, -0.2) is 38.4 Å². The highest BCUT2D eigenvalue weighted by atomic mass is 32.7. The van der Waals surface area contributed by atoms with Crippen LogP contribution in [0.3, 0.4) is 0 Å². The van der Waals surface area contributed by atoms with Crippen molar-refractivity contribution in [2.24, 2.45) is 0 Å². The minimum atomic E-state index is -4.96. The summed E-state index contributed by atoms with van der Waals surface area (Å²) in [5, 5.41) is 0. The number of imidazole rings is 2. The van der Waals surface area contributed by atoms with Crippen LogP contribution in [0, 0.1) is 0 Å². The third-order valence-corrected chi connectivity index (χ3v) is 9.74. The number of phosphoric ester groups is 1. The second-order valence-corrected chi connectivity index (χ2v) is 14.0. The number of nitrogens with two attached hydrogens (primary N) is 1. The lowest BCUT2D eigenvalue weighted by Crippen LogP contribution is -2.35. The van der Waals surface area contributed by atoms with Gasteiger partial charge in [0, 0.05) is 6.42 Å². The van der Waals surface area contributed by atoms with E-state index in [1.807, 2.05) is 0 Å². The largest absolute Gasteiger partial charge is 0.472 e. The topological polar surface area (TPSA) is 243 Å². The number of aromatic amines is 1. The molecule has 4 N–H and O–H groups in total. The van der Waals surface area contributed by atoms with Crippen molar-refractivity contribution >= 4 is 55.0 Å². The first kappa shape index (κ1) is 28.9. The van der Waals surface area contributed by atoms with Crippen molar-refractivity contribution in [1.82, 2.24) is 39.0 Å². The molecule has 7 heterocycles. The molecule has 0 aliphatic carbocycles. The van der Waals surface area contributed by atoms with Gasteiger partial charge in [0.25, 0.3) is 5.56 Å². The van der Waals surface area contributed by atoms with Gasteiger partial charge < -0.3 is 25.1 Å². The van der Waals surface area contributed by atoms with Gasteiger partial charge in [-0.1, -0.05) is 12.2 Å². The van der Waals surface area contributed by atoms with E-state index in [1.165, 1.54) is 17.2 Å². The summed E-state index contributed by atoms with van der Waals surface area (Å²) in [6.07, 6.45) is -4.79. The van der Waals surface area contributed by atoms with Crippen molar-refractivity contribution in [3.63, 3.8) is 0 Å². The standard InChI is InChI=1S/C20H22FN9O10P2S/c21-12-15-10(38-20(12)30-7-28-14-18(30)25-5-26-19(14)31)3-36-42(34,43)39-8-1-11(37-9(8)2-35-41(32,33)40-15)29-6-27-13-16(22)23-4-24-17(13)29/h4-12,15,20H,1-3H2,(H,32,33)(H,34,43)(H2,22,23,24)(H,25,26,31)/t8-,9?,10?,11?,12+,15+,20?,42?/m0/s1. The molecule has 4 aromatic rings. The number of ether oxygens (including phenoxy) is 2. The smallest absolute Gasteiger partial charge is 0.382 e. The van der Waals surface area contributed by atoms with Gasteiger partial charge in [-0.05, 0) is 0 Å². The number of H-pyrrole nitrogens is 1. The molecule has 23 heteroatoms. The van der Waals surface area contributed by atoms with Crippen molar-refractivity contribution in [2.75, 3.05) is 18.9 Å². The van der Waals surface area contributed by atoms with Crippen LogP contribution in [0.1, 0.15) is 18.9 Å². The lowest BCUT2D eigenvalue weighted by atomic mass is 10.1. The van der Waals surface area contributed by atoms with Gasteiger partial charge in [0.1, 0.15) is 42.5 Å². The molecule has 0 radical (unpaired) electrons. The fourth-order valence-electron chi connectivity index (χ4n) is 5.16. The van der Waals surface area contributed by atoms with Gasteiger partial charge in [0.15, 0.2) is 35.0 Å². The molecule has 4 aromatic heterocycles. The van der Waals surface area contributed by atoms with Crippen molar-refractivity contribution in [2.45, 2.75) is 49.5 Å². The van der Waals surface area contributed by atoms with Crippen molar-refractivity contribution in [3.05, 3.63) is 35.7 Å². The number of phosphoric acid groups is 1. The molecule has 0 bridgehead atoms. The Balaban J connectivity index is 1.15. The molecule has 9 atom stereocenters. The number of nitrogens with zero attached hydrogens (tertiary/aromatic N) is 7. The number of thiol groups is 1. The Morgan fingerprint density at radius 3 is 2.56 bits per heavy atom. The summed E-state index contributed by atoms with van der Waals surface area (Å²) < 4.78 is 78.1. The van der Waals surface area contributed by atoms with E-state index in [2.05, 4.69) is 42.2 Å². The molecule has 3 aliphatic heterocycles. The summed E-state index contributed by atoms with van der Waals surface area (Å²) in [6, 6.07) is 0. The van der Waals surface area contributed by atoms with Crippen LogP contribution in [0.2, 0.25) is 0 Å². The Labute approximate surface area is 244 Å². The molecule has 19 nitrogen and oxygen atoms in total. The van der Waals surface area contributed by atoms with Gasteiger partial charge in [-0.3, -0.25) is 32.0 Å². The highest BCUT2D eigenvalue weighted by Crippen LogP contribution is 2.58. The number of nitrogen functional groups attached to an aromatic ring is 1. The van der Waals surface area contributed by atoms with Crippen LogP contribution in [0.5, 0.6) is 0 Å². The van der Waals surface area contributed by atoms with Crippen LogP contribution < -0.4 is 11.3 Å². The number of hydrogen-bond acceptors (Lipinski definition) is 15. The average Bonchev–Trinajstić information content (AvgIpc) is 3.72. The van der Waals surface area contributed by atoms with Gasteiger partial charge in [-0.15, -0.1) is 0 Å². The van der Waals surface area contributed by atoms with Gasteiger partial charge in [0.05, 0.1) is 32.2 Å². The average molecular weight is 661 g/mol. The molecule has 3 saturated heterocycles. The molecule has 0 amide bonds. The Hall–Kier alpha value is -2.84. The van der Waals surface area contributed by atoms with E-state index in [1.54, 1.807) is 0 Å². The van der Waals surface area contributed by atoms with E-state index in [0.717, 1.165) is 17.2 Å². The van der Waals surface area contributed by atoms with Crippen LogP contribution in [0.25, 0.3) is 22.3 Å². The molecule has 230 valence electrons. The Morgan fingerprint density at radius 2 is 1.72 bits per heavy atom. The zero-order chi connectivity index (χ0) is 30.1. The van der Waals surface area contributed by atoms with E-state index in [-0.39, 0.29) is 23.4 Å². The summed E-state index contributed by atoms with van der Waals surface area (Å²) in [4.78, 5) is 45.2. The summed E-state index contributed by atoms with van der Waals surface area (Å²) >= 11 is 4.07. The predicted molar refractivity (Wildman–Crippen MR) is 143 cm³/mol. The van der Waals surface area contributed by atoms with E-state index >= 15 is 4.39 Å². The summed E-state index contributed by atoms with van der Waals surface area (Å²) in [5.41, 5.74) is 5.86. The van der Waals surface area contributed by atoms with Crippen LogP contribution in [0.4, 0.5) is 10.2 Å². The van der Waals surface area contributed by atoms with Crippen molar-refractivity contribution in [1.29, 1.82) is 0 Å². The van der Waals surface area contributed by atoms with Crippen LogP contribution >= 0.6 is 26.9 Å². The van der Waals surface area contributed by atoms with Gasteiger partial charge >= 0.3 is 14.6 Å². The molecular formula is C20H22FN9O10P2S. The normalized spacial score (nSPS) is 37.1. The predicted octanol–water partition coefficient (Wildman–Crippen LogP) is 1.02. The molecular weight excluding hydrogens is 639 g/mol. The molecule has 6 unspecified atom stereocenters. The van der Waals surface area contributed by atoms with Gasteiger partial charge in [0.2, 0.25) is 0 Å². The highest BCUT2D eigenvalue weighted by Gasteiger charge is 2.52. The quantitative estimate of drug-likeness (QED) is 0.173. The van der Waals surface area contributed by atoms with Gasteiger partial charge in [-0.2, -0.15) is 0 Å². The number of hydrogen-bond donors (Lipinski definition) is 4. The van der Waals surface area contributed by atoms with E-state index in [9.17, 15) is 18.8 Å². The Bertz CT molecular complexity index is 1860. The zero-order valence-corrected chi connectivity index (χ0v) is 24.2. The van der Waals surface area contributed by atoms with E-state index in [0.29, 0.717) is 11.2 Å². The summed E-state index contributed by atoms with van der Waals surface area (Å²) in [7, 11) is -4.96. The fraction of sp³-hybridized carbons (Fsp3) is 0.500.